The fourth-order valence-corrected chi connectivity index (χ4v) is 2.42. The summed E-state index contributed by atoms with van der Waals surface area (Å²) in [6.45, 7) is 0.763. The first-order valence-electron chi connectivity index (χ1n) is 8.17. The van der Waals surface area contributed by atoms with Gasteiger partial charge in [-0.05, 0) is 19.1 Å². The lowest BCUT2D eigenvalue weighted by molar-refractivity contribution is -0.385. The van der Waals surface area contributed by atoms with Crippen LogP contribution in [0.25, 0.3) is 0 Å². The summed E-state index contributed by atoms with van der Waals surface area (Å²) in [6.07, 6.45) is 0.884. The first-order chi connectivity index (χ1) is 13.4. The molecule has 0 saturated heterocycles. The second kappa shape index (κ2) is 9.09. The van der Waals surface area contributed by atoms with Gasteiger partial charge in [0.2, 0.25) is 5.91 Å². The number of hydrogen-bond acceptors (Lipinski definition) is 7. The molecule has 0 atom stereocenters. The topological polar surface area (TPSA) is 136 Å². The van der Waals surface area contributed by atoms with Crippen LogP contribution in [-0.4, -0.2) is 34.5 Å². The standard InChI is InChI=1S/C18H16N4O6/c1-2-28-17(24)12-21(14-6-4-3-5-7-14)16(23)11-20-10-15(22(26)27)8-13(9-19)18(20)25/h3-8,10H,2,11-12H2,1H3. The minimum atomic E-state index is -0.842. The Hall–Kier alpha value is -4.00. The van der Waals surface area contributed by atoms with E-state index >= 15 is 0 Å². The lowest BCUT2D eigenvalue weighted by Crippen LogP contribution is -2.40. The lowest BCUT2D eigenvalue weighted by Gasteiger charge is -2.22. The van der Waals surface area contributed by atoms with E-state index in [1.165, 1.54) is 0 Å². The summed E-state index contributed by atoms with van der Waals surface area (Å²) in [5.41, 5.74) is -1.41. The van der Waals surface area contributed by atoms with Crippen molar-refractivity contribution < 1.29 is 19.2 Å². The Bertz CT molecular complexity index is 993. The second-order valence-corrected chi connectivity index (χ2v) is 5.53. The molecule has 0 spiro atoms. The Morgan fingerprint density at radius 3 is 2.57 bits per heavy atom. The highest BCUT2D eigenvalue weighted by atomic mass is 16.6. The molecule has 2 aromatic rings. The molecule has 0 fully saturated rings. The van der Waals surface area contributed by atoms with Gasteiger partial charge in [0.25, 0.3) is 11.2 Å². The van der Waals surface area contributed by atoms with Crippen molar-refractivity contribution in [3.63, 3.8) is 0 Å². The second-order valence-electron chi connectivity index (χ2n) is 5.53. The third kappa shape index (κ3) is 4.79. The highest BCUT2D eigenvalue weighted by molar-refractivity contribution is 5.97. The van der Waals surface area contributed by atoms with Crippen molar-refractivity contribution in [2.24, 2.45) is 0 Å². The number of rotatable bonds is 7. The zero-order valence-electron chi connectivity index (χ0n) is 14.9. The Morgan fingerprint density at radius 1 is 1.32 bits per heavy atom. The molecule has 0 unspecified atom stereocenters. The van der Waals surface area contributed by atoms with Crippen LogP contribution in [0.15, 0.2) is 47.4 Å². The molecule has 2 rings (SSSR count). The van der Waals surface area contributed by atoms with Crippen LogP contribution in [0.3, 0.4) is 0 Å². The number of nitrogens with zero attached hydrogens (tertiary/aromatic N) is 4. The largest absolute Gasteiger partial charge is 0.465 e. The van der Waals surface area contributed by atoms with Crippen molar-refractivity contribution in [1.82, 2.24) is 4.57 Å². The maximum atomic E-state index is 12.8. The minimum absolute atomic E-state index is 0.130. The van der Waals surface area contributed by atoms with Gasteiger partial charge in [0.15, 0.2) is 0 Å². The number of nitriles is 1. The predicted molar refractivity (Wildman–Crippen MR) is 97.5 cm³/mol. The summed E-state index contributed by atoms with van der Waals surface area (Å²) < 4.78 is 5.65. The third-order valence-electron chi connectivity index (χ3n) is 3.67. The molecule has 0 radical (unpaired) electrons. The molecule has 0 N–H and O–H groups in total. The first kappa shape index (κ1) is 20.3. The highest BCUT2D eigenvalue weighted by Gasteiger charge is 2.22. The summed E-state index contributed by atoms with van der Waals surface area (Å²) in [5.74, 6) is -1.32. The van der Waals surface area contributed by atoms with E-state index in [1.807, 2.05) is 0 Å². The van der Waals surface area contributed by atoms with Crippen molar-refractivity contribution in [2.45, 2.75) is 13.5 Å². The summed E-state index contributed by atoms with van der Waals surface area (Å²) in [5, 5.41) is 20.0. The first-order valence-corrected chi connectivity index (χ1v) is 8.17. The number of carbonyl (C=O) groups excluding carboxylic acids is 2. The van der Waals surface area contributed by atoms with Gasteiger partial charge in [-0.15, -0.1) is 0 Å². The van der Waals surface area contributed by atoms with Crippen LogP contribution in [0.5, 0.6) is 0 Å². The molecular weight excluding hydrogens is 368 g/mol. The SMILES string of the molecule is CCOC(=O)CN(C(=O)Cn1cc([N+](=O)[O-])cc(C#N)c1=O)c1ccccc1. The van der Waals surface area contributed by atoms with Crippen LogP contribution in [0.1, 0.15) is 12.5 Å². The summed E-state index contributed by atoms with van der Waals surface area (Å²) in [4.78, 5) is 48.3. The number of pyridine rings is 1. The van der Waals surface area contributed by atoms with Crippen LogP contribution in [-0.2, 0) is 20.9 Å². The number of para-hydroxylation sites is 1. The van der Waals surface area contributed by atoms with E-state index in [2.05, 4.69) is 0 Å². The number of amides is 1. The smallest absolute Gasteiger partial charge is 0.326 e. The van der Waals surface area contributed by atoms with Crippen LogP contribution in [0.2, 0.25) is 0 Å². The van der Waals surface area contributed by atoms with Crippen LogP contribution in [0.4, 0.5) is 11.4 Å². The van der Waals surface area contributed by atoms with E-state index in [4.69, 9.17) is 10.00 Å². The van der Waals surface area contributed by atoms with Crippen molar-refractivity contribution >= 4 is 23.3 Å². The van der Waals surface area contributed by atoms with Gasteiger partial charge < -0.3 is 4.74 Å². The third-order valence-corrected chi connectivity index (χ3v) is 3.67. The minimum Gasteiger partial charge on any atom is -0.465 e. The van der Waals surface area contributed by atoms with Gasteiger partial charge in [0.05, 0.1) is 17.7 Å². The summed E-state index contributed by atoms with van der Waals surface area (Å²) in [7, 11) is 0. The molecule has 10 nitrogen and oxygen atoms in total. The number of aromatic nitrogens is 1. The number of hydrogen-bond donors (Lipinski definition) is 0. The van der Waals surface area contributed by atoms with Gasteiger partial charge in [0.1, 0.15) is 24.7 Å². The van der Waals surface area contributed by atoms with Gasteiger partial charge in [-0.3, -0.25) is 34.0 Å². The molecule has 1 heterocycles. The highest BCUT2D eigenvalue weighted by Crippen LogP contribution is 2.15. The van der Waals surface area contributed by atoms with E-state index in [0.29, 0.717) is 5.69 Å². The average Bonchev–Trinajstić information content (AvgIpc) is 2.68. The number of benzene rings is 1. The Morgan fingerprint density at radius 2 is 2.00 bits per heavy atom. The monoisotopic (exact) mass is 384 g/mol. The van der Waals surface area contributed by atoms with Crippen LogP contribution < -0.4 is 10.5 Å². The molecule has 10 heteroatoms. The van der Waals surface area contributed by atoms with Gasteiger partial charge >= 0.3 is 5.97 Å². The fourth-order valence-electron chi connectivity index (χ4n) is 2.42. The number of ether oxygens (including phenoxy) is 1. The van der Waals surface area contributed by atoms with E-state index in [-0.39, 0.29) is 6.61 Å². The van der Waals surface area contributed by atoms with Gasteiger partial charge in [0, 0.05) is 11.8 Å². The van der Waals surface area contributed by atoms with Crippen molar-refractivity contribution in [3.05, 3.63) is 68.6 Å². The Kier molecular flexibility index (Phi) is 6.59. The Balaban J connectivity index is 2.39. The maximum absolute atomic E-state index is 12.8. The zero-order valence-corrected chi connectivity index (χ0v) is 14.9. The van der Waals surface area contributed by atoms with Crippen LogP contribution in [0, 0.1) is 21.4 Å². The molecule has 0 aliphatic heterocycles. The molecule has 28 heavy (non-hydrogen) atoms. The lowest BCUT2D eigenvalue weighted by atomic mass is 10.2. The number of anilines is 1. The number of esters is 1. The van der Waals surface area contributed by atoms with E-state index in [0.717, 1.165) is 21.7 Å². The quantitative estimate of drug-likeness (QED) is 0.398. The molecule has 1 aromatic heterocycles. The number of carbonyl (C=O) groups is 2. The summed E-state index contributed by atoms with van der Waals surface area (Å²) >= 11 is 0. The number of nitro groups is 1. The van der Waals surface area contributed by atoms with Crippen molar-refractivity contribution in [1.29, 1.82) is 5.26 Å². The van der Waals surface area contributed by atoms with Crippen molar-refractivity contribution in [2.75, 3.05) is 18.1 Å². The predicted octanol–water partition coefficient (Wildman–Crippen LogP) is 1.22. The molecule has 0 aliphatic rings. The van der Waals surface area contributed by atoms with E-state index in [1.54, 1.807) is 43.3 Å². The fraction of sp³-hybridized carbons (Fsp3) is 0.222. The molecule has 1 amide bonds. The van der Waals surface area contributed by atoms with Gasteiger partial charge in [-0.1, -0.05) is 18.2 Å². The Labute approximate surface area is 159 Å². The van der Waals surface area contributed by atoms with Crippen LogP contribution >= 0.6 is 0 Å². The van der Waals surface area contributed by atoms with E-state index in [9.17, 15) is 24.5 Å². The van der Waals surface area contributed by atoms with Gasteiger partial charge in [-0.2, -0.15) is 5.26 Å². The molecule has 0 saturated carbocycles. The molecule has 1 aromatic carbocycles. The normalized spacial score (nSPS) is 10.0. The molecular formula is C18H16N4O6. The molecule has 144 valence electrons. The molecule has 0 bridgehead atoms. The van der Waals surface area contributed by atoms with E-state index < -0.39 is 46.7 Å². The van der Waals surface area contributed by atoms with Crippen molar-refractivity contribution in [3.8, 4) is 6.07 Å². The average molecular weight is 384 g/mol. The summed E-state index contributed by atoms with van der Waals surface area (Å²) in [6, 6.07) is 10.6. The molecule has 0 aliphatic carbocycles. The zero-order chi connectivity index (χ0) is 20.7. The maximum Gasteiger partial charge on any atom is 0.326 e. The van der Waals surface area contributed by atoms with Gasteiger partial charge in [-0.25, -0.2) is 0 Å².